The quantitative estimate of drug-likeness (QED) is 0.941. The van der Waals surface area contributed by atoms with Crippen molar-refractivity contribution in [1.29, 1.82) is 0 Å². The maximum Gasteiger partial charge on any atom is 0.0911 e. The molecule has 118 valence electrons. The average Bonchev–Trinajstić information content (AvgIpc) is 2.90. The van der Waals surface area contributed by atoms with E-state index in [-0.39, 0.29) is 0 Å². The third kappa shape index (κ3) is 3.32. The molecule has 1 aromatic carbocycles. The van der Waals surface area contributed by atoms with Gasteiger partial charge in [-0.2, -0.15) is 0 Å². The van der Waals surface area contributed by atoms with Gasteiger partial charge in [-0.05, 0) is 24.1 Å². The number of allylic oxidation sites excluding steroid dienone is 1. The largest absolute Gasteiger partial charge is 0.361 e. The Morgan fingerprint density at radius 1 is 1.27 bits per heavy atom. The van der Waals surface area contributed by atoms with Gasteiger partial charge in [-0.3, -0.25) is 4.90 Å². The van der Waals surface area contributed by atoms with E-state index in [4.69, 9.17) is 0 Å². The van der Waals surface area contributed by atoms with Gasteiger partial charge < -0.3 is 4.98 Å². The van der Waals surface area contributed by atoms with E-state index >= 15 is 0 Å². The van der Waals surface area contributed by atoms with Crippen LogP contribution in [0.1, 0.15) is 18.1 Å². The molecule has 0 bridgehead atoms. The number of hydrogen-bond donors (Lipinski definition) is 1. The highest BCUT2D eigenvalue weighted by molar-refractivity contribution is 7.81. The van der Waals surface area contributed by atoms with Crippen molar-refractivity contribution in [3.63, 3.8) is 0 Å². The van der Waals surface area contributed by atoms with Crippen LogP contribution < -0.4 is 0 Å². The number of aromatic amines is 1. The Labute approximate surface area is 134 Å². The molecule has 1 N–H and O–H groups in total. The molecule has 0 amide bonds. The lowest BCUT2D eigenvalue weighted by atomic mass is 10.1. The van der Waals surface area contributed by atoms with Gasteiger partial charge in [0.1, 0.15) is 0 Å². The molecule has 5 heteroatoms. The van der Waals surface area contributed by atoms with Crippen LogP contribution >= 0.6 is 0 Å². The highest BCUT2D eigenvalue weighted by Gasteiger charge is 2.19. The van der Waals surface area contributed by atoms with Gasteiger partial charge in [0.2, 0.25) is 0 Å². The molecular formula is C17H23N3OS. The summed E-state index contributed by atoms with van der Waals surface area (Å²) in [6, 6.07) is 6.56. The standard InChI is InChI=1S/C17H23N3OS/c1-3-4-14-5-6-16-15(12-18-17(16)11-14)13-19-7-9-20(10-8-19)22(2)21/h3-6,11-12,18H,7-10,13H2,1-2H3. The molecule has 1 atom stereocenters. The molecule has 2 aromatic rings. The van der Waals surface area contributed by atoms with Gasteiger partial charge in [0.25, 0.3) is 0 Å². The number of aromatic nitrogens is 1. The molecular weight excluding hydrogens is 294 g/mol. The van der Waals surface area contributed by atoms with E-state index in [1.165, 1.54) is 22.0 Å². The van der Waals surface area contributed by atoms with Crippen LogP contribution in [0.15, 0.2) is 30.5 Å². The second-order valence-corrected chi connectivity index (χ2v) is 7.11. The van der Waals surface area contributed by atoms with Crippen molar-refractivity contribution in [2.45, 2.75) is 13.5 Å². The van der Waals surface area contributed by atoms with Gasteiger partial charge in [0.15, 0.2) is 0 Å². The van der Waals surface area contributed by atoms with Crippen LogP contribution in [0, 0.1) is 0 Å². The van der Waals surface area contributed by atoms with Gasteiger partial charge in [0.05, 0.1) is 11.0 Å². The third-order valence-electron chi connectivity index (χ3n) is 4.24. The lowest BCUT2D eigenvalue weighted by molar-refractivity contribution is 0.186. The maximum atomic E-state index is 11.5. The minimum absolute atomic E-state index is 0.839. The van der Waals surface area contributed by atoms with E-state index in [0.29, 0.717) is 0 Å². The van der Waals surface area contributed by atoms with E-state index in [1.54, 1.807) is 6.26 Å². The zero-order valence-electron chi connectivity index (χ0n) is 13.2. The number of fused-ring (bicyclic) bond motifs is 1. The Balaban J connectivity index is 1.71. The molecule has 1 saturated heterocycles. The first-order valence-corrected chi connectivity index (χ1v) is 9.22. The zero-order valence-corrected chi connectivity index (χ0v) is 14.0. The smallest absolute Gasteiger partial charge is 0.0911 e. The Hall–Kier alpha value is -1.43. The van der Waals surface area contributed by atoms with Crippen LogP contribution in [0.5, 0.6) is 0 Å². The van der Waals surface area contributed by atoms with Crippen molar-refractivity contribution < 1.29 is 4.21 Å². The number of nitrogens with zero attached hydrogens (tertiary/aromatic N) is 2. The number of hydrogen-bond acceptors (Lipinski definition) is 2. The van der Waals surface area contributed by atoms with Gasteiger partial charge in [-0.15, -0.1) is 0 Å². The van der Waals surface area contributed by atoms with E-state index < -0.39 is 11.0 Å². The number of nitrogens with one attached hydrogen (secondary N) is 1. The first-order valence-electron chi connectivity index (χ1n) is 7.71. The van der Waals surface area contributed by atoms with Crippen LogP contribution in [0.2, 0.25) is 0 Å². The van der Waals surface area contributed by atoms with Crippen molar-refractivity contribution in [1.82, 2.24) is 14.2 Å². The van der Waals surface area contributed by atoms with Gasteiger partial charge in [-0.25, -0.2) is 8.51 Å². The second-order valence-electron chi connectivity index (χ2n) is 5.75. The lowest BCUT2D eigenvalue weighted by Crippen LogP contribution is -2.46. The second kappa shape index (κ2) is 6.77. The average molecular weight is 317 g/mol. The Morgan fingerprint density at radius 2 is 2.05 bits per heavy atom. The summed E-state index contributed by atoms with van der Waals surface area (Å²) in [6.07, 6.45) is 8.05. The maximum absolute atomic E-state index is 11.5. The molecule has 0 aliphatic carbocycles. The van der Waals surface area contributed by atoms with E-state index in [9.17, 15) is 4.21 Å². The summed E-state index contributed by atoms with van der Waals surface area (Å²) in [4.78, 5) is 5.82. The molecule has 2 heterocycles. The molecule has 3 rings (SSSR count). The first-order chi connectivity index (χ1) is 10.7. The van der Waals surface area contributed by atoms with Crippen molar-refractivity contribution >= 4 is 28.0 Å². The number of piperazine rings is 1. The minimum Gasteiger partial charge on any atom is -0.361 e. The summed E-state index contributed by atoms with van der Waals surface area (Å²) >= 11 is 0. The van der Waals surface area contributed by atoms with Crippen molar-refractivity contribution in [2.75, 3.05) is 32.4 Å². The van der Waals surface area contributed by atoms with Crippen molar-refractivity contribution in [3.05, 3.63) is 41.6 Å². The predicted octanol–water partition coefficient (Wildman–Crippen LogP) is 2.61. The Bertz CT molecular complexity index is 699. The molecule has 22 heavy (non-hydrogen) atoms. The predicted molar refractivity (Wildman–Crippen MR) is 93.9 cm³/mol. The molecule has 1 aromatic heterocycles. The van der Waals surface area contributed by atoms with Gasteiger partial charge in [-0.1, -0.05) is 24.3 Å². The van der Waals surface area contributed by atoms with E-state index in [2.05, 4.69) is 46.4 Å². The van der Waals surface area contributed by atoms with Crippen LogP contribution in [0.4, 0.5) is 0 Å². The molecule has 1 aliphatic heterocycles. The fourth-order valence-corrected chi connectivity index (χ4v) is 3.69. The Morgan fingerprint density at radius 3 is 2.73 bits per heavy atom. The molecule has 1 unspecified atom stereocenters. The summed E-state index contributed by atoms with van der Waals surface area (Å²) in [6.45, 7) is 6.71. The van der Waals surface area contributed by atoms with Gasteiger partial charge in [0, 0.05) is 56.1 Å². The highest BCUT2D eigenvalue weighted by Crippen LogP contribution is 2.22. The highest BCUT2D eigenvalue weighted by atomic mass is 32.2. The van der Waals surface area contributed by atoms with Crippen LogP contribution in [-0.2, 0) is 17.5 Å². The molecule has 0 spiro atoms. The fraction of sp³-hybridized carbons (Fsp3) is 0.412. The topological polar surface area (TPSA) is 39.3 Å². The van der Waals surface area contributed by atoms with Crippen molar-refractivity contribution in [3.8, 4) is 0 Å². The normalized spacial score (nSPS) is 19.2. The summed E-state index contributed by atoms with van der Waals surface area (Å²) in [5.74, 6) is 0. The molecule has 1 aliphatic rings. The SMILES string of the molecule is CC=Cc1ccc2c(CN3CCN(S(C)=O)CC3)c[nH]c2c1. The number of H-pyrrole nitrogens is 1. The van der Waals surface area contributed by atoms with E-state index in [0.717, 1.165) is 32.7 Å². The monoisotopic (exact) mass is 317 g/mol. The minimum atomic E-state index is -0.839. The van der Waals surface area contributed by atoms with Crippen molar-refractivity contribution in [2.24, 2.45) is 0 Å². The summed E-state index contributed by atoms with van der Waals surface area (Å²) < 4.78 is 13.5. The first kappa shape index (κ1) is 15.5. The third-order valence-corrected chi connectivity index (χ3v) is 5.33. The van der Waals surface area contributed by atoms with Gasteiger partial charge >= 0.3 is 0 Å². The molecule has 0 radical (unpaired) electrons. The lowest BCUT2D eigenvalue weighted by Gasteiger charge is -2.32. The number of benzene rings is 1. The molecule has 4 nitrogen and oxygen atoms in total. The summed E-state index contributed by atoms with van der Waals surface area (Å²) in [5, 5.41) is 1.30. The summed E-state index contributed by atoms with van der Waals surface area (Å²) in [5.41, 5.74) is 3.76. The van der Waals surface area contributed by atoms with Crippen LogP contribution in [0.3, 0.4) is 0 Å². The fourth-order valence-electron chi connectivity index (χ4n) is 3.02. The Kier molecular flexibility index (Phi) is 4.76. The number of rotatable bonds is 4. The molecule has 0 saturated carbocycles. The molecule has 1 fully saturated rings. The van der Waals surface area contributed by atoms with Crippen LogP contribution in [-0.4, -0.2) is 50.8 Å². The van der Waals surface area contributed by atoms with E-state index in [1.807, 2.05) is 11.2 Å². The zero-order chi connectivity index (χ0) is 15.5. The summed E-state index contributed by atoms with van der Waals surface area (Å²) in [7, 11) is -0.839. The van der Waals surface area contributed by atoms with Crippen LogP contribution in [0.25, 0.3) is 17.0 Å².